The van der Waals surface area contributed by atoms with E-state index in [1.54, 1.807) is 13.2 Å². The summed E-state index contributed by atoms with van der Waals surface area (Å²) in [5.74, 6) is 1.19. The molecule has 0 saturated heterocycles. The summed E-state index contributed by atoms with van der Waals surface area (Å²) in [5.41, 5.74) is 4.18. The Labute approximate surface area is 167 Å². The molecule has 1 N–H and O–H groups in total. The topological polar surface area (TPSA) is 29.5 Å². The molecule has 3 heteroatoms. The highest BCUT2D eigenvalue weighted by Crippen LogP contribution is 2.32. The van der Waals surface area contributed by atoms with Gasteiger partial charge in [0.1, 0.15) is 11.5 Å². The molecule has 0 aliphatic rings. The smallest absolute Gasteiger partial charge is 0.126 e. The fourth-order valence-electron chi connectivity index (χ4n) is 3.30. The Bertz CT molecular complexity index is 1090. The van der Waals surface area contributed by atoms with Crippen LogP contribution in [0, 0.1) is 0 Å². The number of para-hydroxylation sites is 2. The third-order valence-corrected chi connectivity index (χ3v) is 6.03. The van der Waals surface area contributed by atoms with Crippen LogP contribution in [0.4, 0.5) is 0 Å². The molecule has 4 rings (SSSR count). The van der Waals surface area contributed by atoms with Crippen molar-refractivity contribution in [2.75, 3.05) is 7.11 Å². The lowest BCUT2D eigenvalue weighted by molar-refractivity contribution is 0.416. The van der Waals surface area contributed by atoms with E-state index < -0.39 is 0 Å². The highest BCUT2D eigenvalue weighted by Gasteiger charge is 2.10. The molecule has 1 unspecified atom stereocenters. The number of methoxy groups -OCH3 is 1. The predicted molar refractivity (Wildman–Crippen MR) is 120 cm³/mol. The molecule has 28 heavy (non-hydrogen) atoms. The molecule has 0 aliphatic heterocycles. The molecule has 0 spiro atoms. The van der Waals surface area contributed by atoms with Crippen molar-refractivity contribution in [2.45, 2.75) is 0 Å². The highest BCUT2D eigenvalue weighted by atomic mass is 31.1. The van der Waals surface area contributed by atoms with E-state index in [-0.39, 0.29) is 0 Å². The number of phenolic OH excluding ortho intramolecular Hbond substituents is 1. The van der Waals surface area contributed by atoms with E-state index >= 15 is 0 Å². The summed E-state index contributed by atoms with van der Waals surface area (Å²) in [6.45, 7) is 0. The minimum Gasteiger partial charge on any atom is -0.507 e. The van der Waals surface area contributed by atoms with E-state index in [2.05, 4.69) is 48.5 Å². The number of hydrogen-bond donors (Lipinski definition) is 1. The maximum Gasteiger partial charge on any atom is 0.126 e. The van der Waals surface area contributed by atoms with Gasteiger partial charge in [0.05, 0.1) is 7.11 Å². The third-order valence-electron chi connectivity index (χ3n) is 4.70. The zero-order valence-electron chi connectivity index (χ0n) is 15.6. The van der Waals surface area contributed by atoms with E-state index in [9.17, 15) is 5.11 Å². The number of benzene rings is 4. The Morgan fingerprint density at radius 2 is 1.25 bits per heavy atom. The van der Waals surface area contributed by atoms with Crippen LogP contribution in [0.5, 0.6) is 11.5 Å². The Morgan fingerprint density at radius 1 is 0.643 bits per heavy atom. The average molecular weight is 384 g/mol. The quantitative estimate of drug-likeness (QED) is 0.469. The largest absolute Gasteiger partial charge is 0.507 e. The first-order valence-corrected chi connectivity index (χ1v) is 10.1. The van der Waals surface area contributed by atoms with Crippen molar-refractivity contribution in [3.8, 4) is 33.8 Å². The molecule has 0 bridgehead atoms. The molecule has 0 aromatic heterocycles. The van der Waals surface area contributed by atoms with Crippen molar-refractivity contribution in [3.05, 3.63) is 97.1 Å². The van der Waals surface area contributed by atoms with Gasteiger partial charge in [-0.15, -0.1) is 0 Å². The standard InChI is InChI=1S/C25H21O2P/c1-27-24-12-6-3-8-20(24)18-14-16-19(17-15-18)28-25-13-7-4-10-22(25)21-9-2-5-11-23(21)26/h2-17,26,28H,1H3. The Balaban J connectivity index is 1.64. The average Bonchev–Trinajstić information content (AvgIpc) is 2.75. The zero-order chi connectivity index (χ0) is 19.3. The normalized spacial score (nSPS) is 11.0. The Kier molecular flexibility index (Phi) is 5.41. The molecular weight excluding hydrogens is 363 g/mol. The summed E-state index contributed by atoms with van der Waals surface area (Å²) in [6, 6.07) is 32.4. The van der Waals surface area contributed by atoms with E-state index in [4.69, 9.17) is 4.74 Å². The minimum absolute atomic E-state index is 0.311. The van der Waals surface area contributed by atoms with Crippen molar-refractivity contribution in [1.82, 2.24) is 0 Å². The Morgan fingerprint density at radius 3 is 1.96 bits per heavy atom. The molecule has 0 heterocycles. The van der Waals surface area contributed by atoms with Crippen molar-refractivity contribution in [2.24, 2.45) is 0 Å². The number of rotatable bonds is 5. The molecule has 0 fully saturated rings. The summed E-state index contributed by atoms with van der Waals surface area (Å²) < 4.78 is 5.48. The highest BCUT2D eigenvalue weighted by molar-refractivity contribution is 7.55. The van der Waals surface area contributed by atoms with E-state index in [0.29, 0.717) is 14.3 Å². The molecule has 4 aromatic rings. The van der Waals surface area contributed by atoms with Gasteiger partial charge in [0.15, 0.2) is 0 Å². The van der Waals surface area contributed by atoms with Gasteiger partial charge in [-0.1, -0.05) is 93.5 Å². The third kappa shape index (κ3) is 3.78. The van der Waals surface area contributed by atoms with Gasteiger partial charge < -0.3 is 9.84 Å². The second kappa shape index (κ2) is 8.29. The molecule has 4 aromatic carbocycles. The summed E-state index contributed by atoms with van der Waals surface area (Å²) in [5, 5.41) is 12.7. The van der Waals surface area contributed by atoms with Crippen molar-refractivity contribution in [3.63, 3.8) is 0 Å². The SMILES string of the molecule is COc1ccccc1-c1ccc(Pc2ccccc2-c2ccccc2O)cc1. The van der Waals surface area contributed by atoms with E-state index in [1.165, 1.54) is 10.6 Å². The number of aromatic hydroxyl groups is 1. The van der Waals surface area contributed by atoms with Crippen LogP contribution in [0.3, 0.4) is 0 Å². The lowest BCUT2D eigenvalue weighted by Gasteiger charge is -2.12. The van der Waals surface area contributed by atoms with Crippen molar-refractivity contribution < 1.29 is 9.84 Å². The summed E-state index contributed by atoms with van der Waals surface area (Å²) in [6.07, 6.45) is 0. The monoisotopic (exact) mass is 384 g/mol. The van der Waals surface area contributed by atoms with Crippen LogP contribution in [0.2, 0.25) is 0 Å². The summed E-state index contributed by atoms with van der Waals surface area (Å²) in [4.78, 5) is 0. The molecule has 0 aliphatic carbocycles. The molecule has 0 radical (unpaired) electrons. The van der Waals surface area contributed by atoms with Crippen LogP contribution in [0.15, 0.2) is 97.1 Å². The first kappa shape index (κ1) is 18.3. The fourth-order valence-corrected chi connectivity index (χ4v) is 4.48. The first-order chi connectivity index (χ1) is 13.8. The predicted octanol–water partition coefficient (Wildman–Crippen LogP) is 5.36. The number of phenols is 1. The lowest BCUT2D eigenvalue weighted by Crippen LogP contribution is -2.06. The second-order valence-corrected chi connectivity index (χ2v) is 7.83. The van der Waals surface area contributed by atoms with Crippen LogP contribution >= 0.6 is 8.58 Å². The Hall–Kier alpha value is -3.09. The molecule has 1 atom stereocenters. The summed E-state index contributed by atoms with van der Waals surface area (Å²) >= 11 is 0. The van der Waals surface area contributed by atoms with Crippen LogP contribution in [0.1, 0.15) is 0 Å². The lowest BCUT2D eigenvalue weighted by atomic mass is 10.0. The molecular formula is C25H21O2P. The van der Waals surface area contributed by atoms with Crippen LogP contribution in [-0.2, 0) is 0 Å². The van der Waals surface area contributed by atoms with Gasteiger partial charge in [-0.25, -0.2) is 0 Å². The van der Waals surface area contributed by atoms with Crippen LogP contribution in [0.25, 0.3) is 22.3 Å². The molecule has 2 nitrogen and oxygen atoms in total. The van der Waals surface area contributed by atoms with Gasteiger partial charge in [-0.05, 0) is 33.9 Å². The van der Waals surface area contributed by atoms with Gasteiger partial charge in [-0.3, -0.25) is 0 Å². The van der Waals surface area contributed by atoms with Crippen molar-refractivity contribution in [1.29, 1.82) is 0 Å². The van der Waals surface area contributed by atoms with Crippen LogP contribution < -0.4 is 15.3 Å². The van der Waals surface area contributed by atoms with Gasteiger partial charge in [0.25, 0.3) is 0 Å². The maximum absolute atomic E-state index is 10.3. The molecule has 0 amide bonds. The number of ether oxygens (including phenoxy) is 1. The van der Waals surface area contributed by atoms with Gasteiger partial charge in [0, 0.05) is 11.1 Å². The van der Waals surface area contributed by atoms with E-state index in [0.717, 1.165) is 28.0 Å². The van der Waals surface area contributed by atoms with Crippen molar-refractivity contribution >= 4 is 19.2 Å². The summed E-state index contributed by atoms with van der Waals surface area (Å²) in [7, 11) is 2.21. The zero-order valence-corrected chi connectivity index (χ0v) is 16.6. The fraction of sp³-hybridized carbons (Fsp3) is 0.0400. The van der Waals surface area contributed by atoms with E-state index in [1.807, 2.05) is 42.5 Å². The minimum atomic E-state index is 0.311. The second-order valence-electron chi connectivity index (χ2n) is 6.47. The van der Waals surface area contributed by atoms with Gasteiger partial charge >= 0.3 is 0 Å². The molecule has 0 saturated carbocycles. The van der Waals surface area contributed by atoms with Gasteiger partial charge in [0.2, 0.25) is 0 Å². The maximum atomic E-state index is 10.3. The molecule has 138 valence electrons. The van der Waals surface area contributed by atoms with Crippen LogP contribution in [-0.4, -0.2) is 12.2 Å². The first-order valence-electron chi connectivity index (χ1n) is 9.14. The number of hydrogen-bond acceptors (Lipinski definition) is 2. The van der Waals surface area contributed by atoms with Gasteiger partial charge in [-0.2, -0.15) is 0 Å².